The summed E-state index contributed by atoms with van der Waals surface area (Å²) in [7, 11) is -4.13. The lowest BCUT2D eigenvalue weighted by Gasteiger charge is -2.07. The predicted molar refractivity (Wildman–Crippen MR) is 77.8 cm³/mol. The number of aromatic nitrogens is 3. The monoisotopic (exact) mass is 343 g/mol. The Balaban J connectivity index is 2.06. The predicted octanol–water partition coefficient (Wildman–Crippen LogP) is 2.56. The van der Waals surface area contributed by atoms with Gasteiger partial charge in [0.1, 0.15) is 15.9 Å². The summed E-state index contributed by atoms with van der Waals surface area (Å²) < 4.78 is 29.4. The Morgan fingerprint density at radius 1 is 1.10 bits per heavy atom. The molecule has 0 unspecified atom stereocenters. The molecule has 0 saturated heterocycles. The van der Waals surface area contributed by atoms with Gasteiger partial charge in [-0.05, 0) is 35.5 Å². The highest BCUT2D eigenvalue weighted by Crippen LogP contribution is 2.22. The first-order valence-electron chi connectivity index (χ1n) is 5.68. The first kappa shape index (κ1) is 14.1. The number of fused-ring (bicyclic) bond motifs is 1. The van der Waals surface area contributed by atoms with Crippen LogP contribution in [0.25, 0.3) is 11.0 Å². The lowest BCUT2D eigenvalue weighted by Crippen LogP contribution is -2.21. The molecule has 0 radical (unpaired) electrons. The summed E-state index contributed by atoms with van der Waals surface area (Å²) in [6.07, 6.45) is 0. The van der Waals surface area contributed by atoms with Crippen LogP contribution in [0.15, 0.2) is 47.4 Å². The number of hydrogen-bond acceptors (Lipinski definition) is 5. The molecule has 0 aliphatic carbocycles. The molecule has 3 aromatic rings. The van der Waals surface area contributed by atoms with E-state index in [1.165, 1.54) is 18.2 Å². The fourth-order valence-electron chi connectivity index (χ4n) is 1.71. The standard InChI is InChI=1S/C12H7Cl2N3O3S/c13-8-5-6-10-11(7-8)17(16-15-10)20-21(18,19)12-4-2-1-3-9(12)14/h1-7H. The van der Waals surface area contributed by atoms with Gasteiger partial charge in [0, 0.05) is 5.02 Å². The number of benzene rings is 2. The zero-order chi connectivity index (χ0) is 15.0. The van der Waals surface area contributed by atoms with E-state index in [1.807, 2.05) is 0 Å². The zero-order valence-electron chi connectivity index (χ0n) is 10.3. The minimum Gasteiger partial charge on any atom is -0.264 e. The van der Waals surface area contributed by atoms with Crippen LogP contribution in [-0.2, 0) is 10.1 Å². The smallest absolute Gasteiger partial charge is 0.264 e. The molecule has 1 heterocycles. The molecule has 108 valence electrons. The van der Waals surface area contributed by atoms with Crippen molar-refractivity contribution in [2.24, 2.45) is 0 Å². The maximum absolute atomic E-state index is 12.2. The minimum atomic E-state index is -4.13. The quantitative estimate of drug-likeness (QED) is 0.730. The van der Waals surface area contributed by atoms with E-state index in [4.69, 9.17) is 27.5 Å². The summed E-state index contributed by atoms with van der Waals surface area (Å²) in [6.45, 7) is 0. The highest BCUT2D eigenvalue weighted by Gasteiger charge is 2.22. The molecule has 0 spiro atoms. The van der Waals surface area contributed by atoms with Gasteiger partial charge in [-0.1, -0.05) is 40.2 Å². The maximum atomic E-state index is 12.2. The molecule has 9 heteroatoms. The Bertz CT molecular complexity index is 924. The van der Waals surface area contributed by atoms with Gasteiger partial charge in [0.25, 0.3) is 0 Å². The third kappa shape index (κ3) is 2.67. The van der Waals surface area contributed by atoms with Gasteiger partial charge in [-0.3, -0.25) is 4.28 Å². The van der Waals surface area contributed by atoms with Crippen LogP contribution in [0, 0.1) is 0 Å². The molecular formula is C12H7Cl2N3O3S. The normalized spacial score (nSPS) is 11.7. The van der Waals surface area contributed by atoms with Crippen LogP contribution in [0.5, 0.6) is 0 Å². The van der Waals surface area contributed by atoms with Crippen molar-refractivity contribution in [2.75, 3.05) is 0 Å². The molecule has 0 aliphatic heterocycles. The average Bonchev–Trinajstić information content (AvgIpc) is 2.81. The SMILES string of the molecule is O=S(=O)(On1nnc2ccc(Cl)cc21)c1ccccc1Cl. The van der Waals surface area contributed by atoms with Gasteiger partial charge in [-0.2, -0.15) is 8.42 Å². The lowest BCUT2D eigenvalue weighted by molar-refractivity contribution is 0.245. The summed E-state index contributed by atoms with van der Waals surface area (Å²) >= 11 is 11.7. The molecule has 6 nitrogen and oxygen atoms in total. The van der Waals surface area contributed by atoms with Crippen molar-refractivity contribution in [3.05, 3.63) is 52.5 Å². The Hall–Kier alpha value is -1.83. The van der Waals surface area contributed by atoms with Crippen LogP contribution in [0.4, 0.5) is 0 Å². The van der Waals surface area contributed by atoms with Crippen LogP contribution in [0.3, 0.4) is 0 Å². The van der Waals surface area contributed by atoms with E-state index in [0.717, 1.165) is 4.85 Å². The van der Waals surface area contributed by atoms with Crippen molar-refractivity contribution in [2.45, 2.75) is 4.90 Å². The van der Waals surface area contributed by atoms with Crippen molar-refractivity contribution in [3.8, 4) is 0 Å². The molecule has 2 aromatic carbocycles. The van der Waals surface area contributed by atoms with Gasteiger partial charge in [0.05, 0.1) is 5.02 Å². The number of nitrogens with zero attached hydrogens (tertiary/aromatic N) is 3. The summed E-state index contributed by atoms with van der Waals surface area (Å²) in [4.78, 5) is 0.636. The van der Waals surface area contributed by atoms with Crippen LogP contribution >= 0.6 is 23.2 Å². The van der Waals surface area contributed by atoms with Gasteiger partial charge in [0.2, 0.25) is 0 Å². The molecule has 0 amide bonds. The van der Waals surface area contributed by atoms with Crippen molar-refractivity contribution in [1.29, 1.82) is 0 Å². The molecule has 0 atom stereocenters. The van der Waals surface area contributed by atoms with Gasteiger partial charge < -0.3 is 0 Å². The van der Waals surface area contributed by atoms with E-state index in [1.54, 1.807) is 24.3 Å². The molecule has 0 saturated carbocycles. The molecular weight excluding hydrogens is 337 g/mol. The first-order valence-corrected chi connectivity index (χ1v) is 7.84. The van der Waals surface area contributed by atoms with E-state index < -0.39 is 10.1 Å². The van der Waals surface area contributed by atoms with E-state index in [-0.39, 0.29) is 9.92 Å². The van der Waals surface area contributed by atoms with E-state index in [2.05, 4.69) is 10.3 Å². The Kier molecular flexibility index (Phi) is 3.48. The van der Waals surface area contributed by atoms with Crippen LogP contribution in [0.2, 0.25) is 10.0 Å². The fourth-order valence-corrected chi connectivity index (χ4v) is 3.22. The van der Waals surface area contributed by atoms with Crippen molar-refractivity contribution in [1.82, 2.24) is 15.2 Å². The summed E-state index contributed by atoms with van der Waals surface area (Å²) in [5.41, 5.74) is 0.784. The van der Waals surface area contributed by atoms with Gasteiger partial charge >= 0.3 is 10.1 Å². The van der Waals surface area contributed by atoms with E-state index >= 15 is 0 Å². The molecule has 3 rings (SSSR count). The van der Waals surface area contributed by atoms with Crippen LogP contribution in [0.1, 0.15) is 0 Å². The van der Waals surface area contributed by atoms with E-state index in [9.17, 15) is 8.42 Å². The van der Waals surface area contributed by atoms with Crippen LogP contribution in [-0.4, -0.2) is 23.6 Å². The second-order valence-corrected chi connectivity index (χ2v) is 6.40. The van der Waals surface area contributed by atoms with Gasteiger partial charge in [0.15, 0.2) is 0 Å². The zero-order valence-corrected chi connectivity index (χ0v) is 12.6. The topological polar surface area (TPSA) is 74.1 Å². The molecule has 21 heavy (non-hydrogen) atoms. The Morgan fingerprint density at radius 2 is 1.86 bits per heavy atom. The largest absolute Gasteiger partial charge is 0.359 e. The number of hydrogen-bond donors (Lipinski definition) is 0. The molecule has 0 bridgehead atoms. The van der Waals surface area contributed by atoms with Crippen LogP contribution < -0.4 is 4.28 Å². The summed E-state index contributed by atoms with van der Waals surface area (Å²) in [6, 6.07) is 10.7. The highest BCUT2D eigenvalue weighted by molar-refractivity contribution is 7.87. The first-order chi connectivity index (χ1) is 9.97. The molecule has 0 fully saturated rings. The molecule has 0 N–H and O–H groups in total. The van der Waals surface area contributed by atoms with Crippen molar-refractivity contribution < 1.29 is 12.7 Å². The van der Waals surface area contributed by atoms with E-state index in [0.29, 0.717) is 16.1 Å². The average molecular weight is 344 g/mol. The molecule has 1 aromatic heterocycles. The second kappa shape index (κ2) is 5.18. The van der Waals surface area contributed by atoms with Crippen molar-refractivity contribution >= 4 is 44.4 Å². The minimum absolute atomic E-state index is 0.0555. The Labute approximate surface area is 129 Å². The fraction of sp³-hybridized carbons (Fsp3) is 0. The third-order valence-electron chi connectivity index (χ3n) is 2.65. The second-order valence-electron chi connectivity index (χ2n) is 4.05. The third-order valence-corrected chi connectivity index (χ3v) is 4.56. The summed E-state index contributed by atoms with van der Waals surface area (Å²) in [5, 5.41) is 7.89. The van der Waals surface area contributed by atoms with Gasteiger partial charge in [-0.25, -0.2) is 0 Å². The molecule has 0 aliphatic rings. The maximum Gasteiger partial charge on any atom is 0.359 e. The summed E-state index contributed by atoms with van der Waals surface area (Å²) in [5.74, 6) is 0. The van der Waals surface area contributed by atoms with Crippen molar-refractivity contribution in [3.63, 3.8) is 0 Å². The Morgan fingerprint density at radius 3 is 2.62 bits per heavy atom. The lowest BCUT2D eigenvalue weighted by atomic mass is 10.3. The number of rotatable bonds is 3. The van der Waals surface area contributed by atoms with Gasteiger partial charge in [-0.15, -0.1) is 5.10 Å². The number of halogens is 2. The highest BCUT2D eigenvalue weighted by atomic mass is 35.5.